The van der Waals surface area contributed by atoms with E-state index in [9.17, 15) is 14.0 Å². The van der Waals surface area contributed by atoms with Crippen molar-refractivity contribution in [2.75, 3.05) is 43.5 Å². The number of anilines is 2. The van der Waals surface area contributed by atoms with Gasteiger partial charge < -0.3 is 20.1 Å². The summed E-state index contributed by atoms with van der Waals surface area (Å²) < 4.78 is 59.1. The largest absolute Gasteiger partial charge is 0.489 e. The molecular formula is C32H30ClF3N6O2S. The maximum absolute atomic E-state index is 17.1. The Morgan fingerprint density at radius 2 is 2.09 bits per heavy atom. The number of alkyl halides is 1. The standard InChI is InChI=1S/C32H30ClF3N6O2S/c1-15(16-3-4-16)42-9-10-43-27-23-26(39-31(40-30(23)42)44-14-32-7-2-8-41(32)13-17(34)11-32)25(36)22(24(27)33)18-5-6-20(35)28-21(18)19(12-37)29(38)45-28/h5-6,15-17H,2-4,7-11,13-14,38H2,1H3/t15?,17-,32+/m1/s1. The first-order valence-corrected chi connectivity index (χ1v) is 16.4. The summed E-state index contributed by atoms with van der Waals surface area (Å²) in [5.41, 5.74) is 5.75. The molecule has 2 aromatic heterocycles. The number of nitrogens with zero attached hydrogens (tertiary/aromatic N) is 5. The number of nitrogen functional groups attached to an aromatic ring is 1. The fourth-order valence-electron chi connectivity index (χ4n) is 7.62. The summed E-state index contributed by atoms with van der Waals surface area (Å²) in [6.45, 7) is 4.22. The Morgan fingerprint density at radius 3 is 2.87 bits per heavy atom. The van der Waals surface area contributed by atoms with Crippen molar-refractivity contribution in [1.82, 2.24) is 14.9 Å². The molecule has 0 radical (unpaired) electrons. The van der Waals surface area contributed by atoms with Crippen LogP contribution in [-0.2, 0) is 0 Å². The number of benzene rings is 2. The Labute approximate surface area is 266 Å². The molecule has 8 rings (SSSR count). The quantitative estimate of drug-likeness (QED) is 0.241. The Bertz CT molecular complexity index is 1930. The van der Waals surface area contributed by atoms with Gasteiger partial charge in [0.05, 0.1) is 32.8 Å². The van der Waals surface area contributed by atoms with E-state index in [1.54, 1.807) is 0 Å². The molecule has 234 valence electrons. The van der Waals surface area contributed by atoms with Gasteiger partial charge in [-0.25, -0.2) is 13.2 Å². The first kappa shape index (κ1) is 28.9. The molecule has 3 fully saturated rings. The van der Waals surface area contributed by atoms with E-state index in [4.69, 9.17) is 31.8 Å². The number of fused-ring (bicyclic) bond motifs is 2. The number of halogens is 4. The normalized spacial score (nSPS) is 23.6. The van der Waals surface area contributed by atoms with E-state index in [0.717, 1.165) is 43.6 Å². The molecule has 45 heavy (non-hydrogen) atoms. The molecule has 3 aliphatic heterocycles. The van der Waals surface area contributed by atoms with Gasteiger partial charge in [-0.1, -0.05) is 17.7 Å². The zero-order valence-corrected chi connectivity index (χ0v) is 26.1. The summed E-state index contributed by atoms with van der Waals surface area (Å²) in [6, 6.07) is 4.72. The van der Waals surface area contributed by atoms with Crippen molar-refractivity contribution >= 4 is 54.7 Å². The average Bonchev–Trinajstić information content (AvgIpc) is 3.67. The second-order valence-corrected chi connectivity index (χ2v) is 14.1. The number of hydrogen-bond acceptors (Lipinski definition) is 9. The van der Waals surface area contributed by atoms with Gasteiger partial charge in [-0.2, -0.15) is 15.2 Å². The third kappa shape index (κ3) is 4.42. The third-order valence-corrected chi connectivity index (χ3v) is 11.4. The van der Waals surface area contributed by atoms with E-state index in [1.807, 2.05) is 6.07 Å². The summed E-state index contributed by atoms with van der Waals surface area (Å²) in [6.07, 6.45) is 3.38. The van der Waals surface area contributed by atoms with E-state index in [1.165, 1.54) is 12.1 Å². The Hall–Kier alpha value is -3.53. The van der Waals surface area contributed by atoms with Crippen LogP contribution in [0.1, 0.15) is 44.6 Å². The van der Waals surface area contributed by atoms with Gasteiger partial charge in [-0.05, 0) is 56.7 Å². The van der Waals surface area contributed by atoms with Gasteiger partial charge in [0.15, 0.2) is 11.6 Å². The van der Waals surface area contributed by atoms with Crippen LogP contribution in [0.25, 0.3) is 32.1 Å². The highest BCUT2D eigenvalue weighted by Gasteiger charge is 2.49. The number of thiophene rings is 1. The fraction of sp³-hybridized carbons (Fsp3) is 0.469. The van der Waals surface area contributed by atoms with E-state index in [-0.39, 0.29) is 73.3 Å². The second-order valence-electron chi connectivity index (χ2n) is 12.6. The molecule has 0 amide bonds. The zero-order valence-electron chi connectivity index (χ0n) is 24.5. The van der Waals surface area contributed by atoms with Crippen molar-refractivity contribution < 1.29 is 22.6 Å². The first-order valence-electron chi connectivity index (χ1n) is 15.3. The van der Waals surface area contributed by atoms with Gasteiger partial charge in [-0.15, -0.1) is 11.3 Å². The van der Waals surface area contributed by atoms with Crippen molar-refractivity contribution in [2.24, 2.45) is 5.92 Å². The van der Waals surface area contributed by atoms with E-state index < -0.39 is 23.3 Å². The van der Waals surface area contributed by atoms with Crippen LogP contribution in [0, 0.1) is 28.9 Å². The van der Waals surface area contributed by atoms with Crippen LogP contribution in [0.4, 0.5) is 24.0 Å². The smallest absolute Gasteiger partial charge is 0.319 e. The minimum atomic E-state index is -0.926. The van der Waals surface area contributed by atoms with Crippen molar-refractivity contribution in [3.05, 3.63) is 34.4 Å². The number of rotatable bonds is 6. The van der Waals surface area contributed by atoms with Gasteiger partial charge >= 0.3 is 6.01 Å². The minimum Gasteiger partial charge on any atom is -0.489 e. The Balaban J connectivity index is 1.34. The van der Waals surface area contributed by atoms with Gasteiger partial charge in [0.25, 0.3) is 0 Å². The lowest BCUT2D eigenvalue weighted by Gasteiger charge is -2.32. The number of nitriles is 1. The lowest BCUT2D eigenvalue weighted by molar-refractivity contribution is 0.107. The molecule has 1 saturated carbocycles. The molecule has 1 unspecified atom stereocenters. The van der Waals surface area contributed by atoms with Crippen molar-refractivity contribution in [1.29, 1.82) is 5.26 Å². The van der Waals surface area contributed by atoms with E-state index >= 15 is 4.39 Å². The van der Waals surface area contributed by atoms with Gasteiger partial charge in [-0.3, -0.25) is 4.90 Å². The Kier molecular flexibility index (Phi) is 6.75. The highest BCUT2D eigenvalue weighted by molar-refractivity contribution is 7.23. The highest BCUT2D eigenvalue weighted by atomic mass is 35.5. The van der Waals surface area contributed by atoms with Crippen LogP contribution < -0.4 is 20.1 Å². The topological polar surface area (TPSA) is 101 Å². The maximum atomic E-state index is 17.1. The molecule has 2 saturated heterocycles. The summed E-state index contributed by atoms with van der Waals surface area (Å²) in [5, 5.41) is 10.5. The van der Waals surface area contributed by atoms with Crippen LogP contribution in [0.15, 0.2) is 12.1 Å². The summed E-state index contributed by atoms with van der Waals surface area (Å²) in [7, 11) is 0. The number of nitrogens with two attached hydrogens (primary N) is 1. The van der Waals surface area contributed by atoms with Crippen LogP contribution >= 0.6 is 22.9 Å². The molecule has 2 N–H and O–H groups in total. The molecule has 1 aliphatic carbocycles. The van der Waals surface area contributed by atoms with Crippen molar-refractivity contribution in [3.63, 3.8) is 0 Å². The monoisotopic (exact) mass is 654 g/mol. The highest BCUT2D eigenvalue weighted by Crippen LogP contribution is 2.51. The van der Waals surface area contributed by atoms with E-state index in [2.05, 4.69) is 21.7 Å². The summed E-state index contributed by atoms with van der Waals surface area (Å²) >= 11 is 7.92. The zero-order chi connectivity index (χ0) is 31.2. The summed E-state index contributed by atoms with van der Waals surface area (Å²) in [4.78, 5) is 13.7. The predicted molar refractivity (Wildman–Crippen MR) is 168 cm³/mol. The van der Waals surface area contributed by atoms with Gasteiger partial charge in [0.1, 0.15) is 47.6 Å². The van der Waals surface area contributed by atoms with E-state index in [0.29, 0.717) is 36.6 Å². The third-order valence-electron chi connectivity index (χ3n) is 10.0. The lowest BCUT2D eigenvalue weighted by Crippen LogP contribution is -2.43. The number of hydrogen-bond donors (Lipinski definition) is 1. The molecule has 0 spiro atoms. The Morgan fingerprint density at radius 1 is 1.27 bits per heavy atom. The molecule has 3 atom stereocenters. The molecule has 4 aliphatic rings. The van der Waals surface area contributed by atoms with Crippen LogP contribution in [0.2, 0.25) is 5.02 Å². The molecule has 8 nitrogen and oxygen atoms in total. The lowest BCUT2D eigenvalue weighted by atomic mass is 9.95. The molecule has 13 heteroatoms. The predicted octanol–water partition coefficient (Wildman–Crippen LogP) is 6.85. The van der Waals surface area contributed by atoms with Crippen LogP contribution in [-0.4, -0.2) is 65.5 Å². The molecule has 2 aromatic carbocycles. The van der Waals surface area contributed by atoms with Crippen molar-refractivity contribution in [3.8, 4) is 29.0 Å². The van der Waals surface area contributed by atoms with Crippen LogP contribution in [0.5, 0.6) is 11.8 Å². The van der Waals surface area contributed by atoms with Gasteiger partial charge in [0.2, 0.25) is 0 Å². The molecule has 5 heterocycles. The number of ether oxygens (including phenoxy) is 2. The molecule has 0 bridgehead atoms. The summed E-state index contributed by atoms with van der Waals surface area (Å²) in [5.74, 6) is -0.208. The van der Waals surface area contributed by atoms with Crippen molar-refractivity contribution in [2.45, 2.75) is 56.8 Å². The molecular weight excluding hydrogens is 625 g/mol. The second kappa shape index (κ2) is 10.5. The van der Waals surface area contributed by atoms with Gasteiger partial charge in [0, 0.05) is 30.0 Å². The molecule has 4 aromatic rings. The number of aromatic nitrogens is 2. The minimum absolute atomic E-state index is 0.0178. The maximum Gasteiger partial charge on any atom is 0.319 e. The SMILES string of the molecule is CC(C1CC1)N1CCOc2c(Cl)c(-c3ccc(F)c4sc(N)c(C#N)c34)c(F)c3nc(OC[C@@]45CCCN4C[C@H](F)C5)nc1c23. The fourth-order valence-corrected chi connectivity index (χ4v) is 8.90. The van der Waals surface area contributed by atoms with Crippen LogP contribution in [0.3, 0.4) is 0 Å². The first-order chi connectivity index (χ1) is 21.7. The average molecular weight is 655 g/mol.